The summed E-state index contributed by atoms with van der Waals surface area (Å²) in [5.41, 5.74) is 4.81. The Balaban J connectivity index is 1.78. The van der Waals surface area contributed by atoms with Crippen molar-refractivity contribution in [1.29, 1.82) is 0 Å². The van der Waals surface area contributed by atoms with Crippen molar-refractivity contribution in [2.45, 2.75) is 37.8 Å². The van der Waals surface area contributed by atoms with Crippen LogP contribution in [0, 0.1) is 5.82 Å². The summed E-state index contributed by atoms with van der Waals surface area (Å²) in [6.45, 7) is 1.60. The largest absolute Gasteiger partial charge is 0.363 e. The number of nitrogens with zero attached hydrogens (tertiary/aromatic N) is 3. The highest BCUT2D eigenvalue weighted by atomic mass is 32.2. The molecule has 12 heteroatoms. The Bertz CT molecular complexity index is 1410. The number of nitrogens with two attached hydrogens (primary N) is 1. The summed E-state index contributed by atoms with van der Waals surface area (Å²) in [6.07, 6.45) is -1.54. The third-order valence-corrected chi connectivity index (χ3v) is 8.02. The highest BCUT2D eigenvalue weighted by Crippen LogP contribution is 2.33. The van der Waals surface area contributed by atoms with Crippen molar-refractivity contribution >= 4 is 26.7 Å². The third-order valence-electron chi connectivity index (χ3n) is 6.37. The first-order valence-corrected chi connectivity index (χ1v) is 12.4. The van der Waals surface area contributed by atoms with E-state index >= 15 is 0 Å². The molecule has 0 aliphatic carbocycles. The van der Waals surface area contributed by atoms with E-state index in [2.05, 4.69) is 15.3 Å². The second kappa shape index (κ2) is 8.66. The number of aryl methyl sites for hydroxylation is 1. The number of anilines is 1. The average molecular weight is 496 g/mol. The van der Waals surface area contributed by atoms with E-state index in [1.807, 2.05) is 0 Å². The second-order valence-corrected chi connectivity index (χ2v) is 10.9. The third kappa shape index (κ3) is 4.27. The van der Waals surface area contributed by atoms with Crippen molar-refractivity contribution in [3.8, 4) is 0 Å². The fourth-order valence-corrected chi connectivity index (χ4v) is 5.82. The summed E-state index contributed by atoms with van der Waals surface area (Å²) in [6, 6.07) is 4.58. The molecule has 3 heterocycles. The van der Waals surface area contributed by atoms with Crippen LogP contribution in [0.1, 0.15) is 48.9 Å². The van der Waals surface area contributed by atoms with Gasteiger partial charge in [-0.3, -0.25) is 9.36 Å². The average Bonchev–Trinajstić information content (AvgIpc) is 2.78. The molecular weight excluding hydrogens is 471 g/mol. The number of benzene rings is 1. The predicted molar refractivity (Wildman–Crippen MR) is 122 cm³/mol. The van der Waals surface area contributed by atoms with E-state index in [1.54, 1.807) is 6.92 Å². The summed E-state index contributed by atoms with van der Waals surface area (Å²) in [5, 5.41) is 3.43. The van der Waals surface area contributed by atoms with Gasteiger partial charge in [0.05, 0.1) is 28.5 Å². The fraction of sp³-hybridized carbons (Fsp3) is 0.409. The molecule has 1 saturated heterocycles. The van der Waals surface area contributed by atoms with Crippen LogP contribution < -0.4 is 16.6 Å². The van der Waals surface area contributed by atoms with Gasteiger partial charge < -0.3 is 11.1 Å². The summed E-state index contributed by atoms with van der Waals surface area (Å²) >= 11 is 0. The zero-order chi connectivity index (χ0) is 24.8. The van der Waals surface area contributed by atoms with Crippen LogP contribution >= 0.6 is 0 Å². The fourth-order valence-electron chi connectivity index (χ4n) is 4.27. The minimum atomic E-state index is -3.21. The number of halogens is 3. The maximum absolute atomic E-state index is 14.7. The molecule has 0 spiro atoms. The van der Waals surface area contributed by atoms with Gasteiger partial charge in [0.1, 0.15) is 33.4 Å². The number of aromatic nitrogens is 3. The Morgan fingerprint density at radius 2 is 1.82 bits per heavy atom. The van der Waals surface area contributed by atoms with Crippen molar-refractivity contribution in [3.63, 3.8) is 0 Å². The Morgan fingerprint density at radius 1 is 1.18 bits per heavy atom. The zero-order valence-electron chi connectivity index (χ0n) is 18.6. The minimum Gasteiger partial charge on any atom is -0.363 e. The van der Waals surface area contributed by atoms with Gasteiger partial charge in [-0.05, 0) is 25.8 Å². The Kier molecular flexibility index (Phi) is 6.15. The van der Waals surface area contributed by atoms with E-state index in [1.165, 1.54) is 36.1 Å². The van der Waals surface area contributed by atoms with Crippen LogP contribution in [0.5, 0.6) is 0 Å². The van der Waals surface area contributed by atoms with Gasteiger partial charge >= 0.3 is 0 Å². The van der Waals surface area contributed by atoms with Gasteiger partial charge in [-0.2, -0.15) is 0 Å². The molecule has 1 atom stereocenters. The van der Waals surface area contributed by atoms with Crippen LogP contribution in [-0.4, -0.2) is 34.5 Å². The Labute approximate surface area is 193 Å². The normalized spacial score (nSPS) is 18.2. The minimum absolute atomic E-state index is 0.0300. The highest BCUT2D eigenvalue weighted by Gasteiger charge is 2.38. The number of sulfone groups is 1. The van der Waals surface area contributed by atoms with Gasteiger partial charge in [0.25, 0.3) is 12.0 Å². The molecule has 34 heavy (non-hydrogen) atoms. The van der Waals surface area contributed by atoms with Crippen LogP contribution in [0.25, 0.3) is 11.0 Å². The van der Waals surface area contributed by atoms with Crippen LogP contribution in [0.3, 0.4) is 0 Å². The Morgan fingerprint density at radius 3 is 2.47 bits per heavy atom. The van der Waals surface area contributed by atoms with E-state index in [0.717, 1.165) is 6.07 Å². The molecule has 1 fully saturated rings. The lowest BCUT2D eigenvalue weighted by Gasteiger charge is -2.33. The number of hydrogen-bond donors (Lipinski definition) is 2. The van der Waals surface area contributed by atoms with Crippen LogP contribution in [-0.2, 0) is 22.4 Å². The van der Waals surface area contributed by atoms with Gasteiger partial charge in [-0.1, -0.05) is 18.2 Å². The predicted octanol–water partition coefficient (Wildman–Crippen LogP) is 2.94. The summed E-state index contributed by atoms with van der Waals surface area (Å²) < 4.78 is 66.0. The van der Waals surface area contributed by atoms with Crippen molar-refractivity contribution in [2.24, 2.45) is 12.8 Å². The van der Waals surface area contributed by atoms with Crippen molar-refractivity contribution < 1.29 is 21.6 Å². The van der Waals surface area contributed by atoms with E-state index < -0.39 is 44.8 Å². The monoisotopic (exact) mass is 495 g/mol. The first-order chi connectivity index (χ1) is 15.9. The zero-order valence-corrected chi connectivity index (χ0v) is 19.4. The molecule has 3 N–H and O–H groups in total. The number of nitrogens with one attached hydrogen (secondary N) is 1. The molecule has 182 valence electrons. The van der Waals surface area contributed by atoms with Crippen molar-refractivity contribution in [1.82, 2.24) is 14.5 Å². The standard InChI is InChI=1S/C22H24F3N5O3S/c1-12(13-4-3-5-14(17(13)23)18(24)25)29-19-15-10-16(21(31)30(2)20(15)28-11-27-19)22(26)6-8-34(32,33)9-7-22/h3-5,10-12,18H,6-9,26H2,1-2H3,(H,27,28,29)/t12-/m1/s1. The molecule has 4 rings (SSSR count). The van der Waals surface area contributed by atoms with E-state index in [4.69, 9.17) is 5.73 Å². The molecule has 2 aromatic heterocycles. The number of pyridine rings is 1. The molecule has 1 aliphatic rings. The molecule has 3 aromatic rings. The van der Waals surface area contributed by atoms with Gasteiger partial charge in [0.2, 0.25) is 0 Å². The lowest BCUT2D eigenvalue weighted by atomic mass is 9.85. The molecule has 0 unspecified atom stereocenters. The number of fused-ring (bicyclic) bond motifs is 1. The van der Waals surface area contributed by atoms with E-state index in [9.17, 15) is 26.4 Å². The number of alkyl halides is 2. The summed E-state index contributed by atoms with van der Waals surface area (Å²) in [7, 11) is -1.69. The number of hydrogen-bond acceptors (Lipinski definition) is 7. The Hall–Kier alpha value is -2.99. The molecule has 0 saturated carbocycles. The molecule has 0 radical (unpaired) electrons. The molecule has 1 aliphatic heterocycles. The SMILES string of the molecule is C[C@@H](Nc1ncnc2c1cc(C1(N)CCS(=O)(=O)CC1)c(=O)n2C)c1cccc(C(F)F)c1F. The summed E-state index contributed by atoms with van der Waals surface area (Å²) in [4.78, 5) is 21.5. The molecular formula is C22H24F3N5O3S. The van der Waals surface area contributed by atoms with E-state index in [0.29, 0.717) is 5.39 Å². The van der Waals surface area contributed by atoms with Gasteiger partial charge in [0, 0.05) is 23.7 Å². The first kappa shape index (κ1) is 24.1. The van der Waals surface area contributed by atoms with Gasteiger partial charge in [-0.15, -0.1) is 0 Å². The van der Waals surface area contributed by atoms with Crippen molar-refractivity contribution in [3.05, 3.63) is 63.5 Å². The smallest absolute Gasteiger partial charge is 0.266 e. The second-order valence-electron chi connectivity index (χ2n) is 8.61. The van der Waals surface area contributed by atoms with Gasteiger partial charge in [0.15, 0.2) is 0 Å². The lowest BCUT2D eigenvalue weighted by Crippen LogP contribution is -2.48. The molecule has 1 aromatic carbocycles. The maximum atomic E-state index is 14.7. The van der Waals surface area contributed by atoms with Crippen LogP contribution in [0.4, 0.5) is 19.0 Å². The van der Waals surface area contributed by atoms with Crippen LogP contribution in [0.15, 0.2) is 35.4 Å². The lowest BCUT2D eigenvalue weighted by molar-refractivity contribution is 0.146. The van der Waals surface area contributed by atoms with E-state index in [-0.39, 0.29) is 46.9 Å². The van der Waals surface area contributed by atoms with Crippen LogP contribution in [0.2, 0.25) is 0 Å². The molecule has 0 bridgehead atoms. The molecule has 0 amide bonds. The summed E-state index contributed by atoms with van der Waals surface area (Å²) in [5.74, 6) is -1.01. The molecule has 8 nitrogen and oxygen atoms in total. The quantitative estimate of drug-likeness (QED) is 0.558. The number of rotatable bonds is 5. The van der Waals surface area contributed by atoms with Crippen molar-refractivity contribution in [2.75, 3.05) is 16.8 Å². The highest BCUT2D eigenvalue weighted by molar-refractivity contribution is 7.91. The topological polar surface area (TPSA) is 120 Å². The maximum Gasteiger partial charge on any atom is 0.266 e. The first-order valence-electron chi connectivity index (χ1n) is 10.6. The van der Waals surface area contributed by atoms with Gasteiger partial charge in [-0.25, -0.2) is 31.6 Å².